The predicted octanol–water partition coefficient (Wildman–Crippen LogP) is 2.35. The minimum atomic E-state index is -0.709. The Balaban J connectivity index is 2.58. The molecular formula is C10H10ClFN2O2. The second-order valence-electron chi connectivity index (χ2n) is 2.74. The van der Waals surface area contributed by atoms with Crippen molar-refractivity contribution in [3.63, 3.8) is 0 Å². The Kier molecular flexibility index (Phi) is 4.72. The van der Waals surface area contributed by atoms with Gasteiger partial charge in [0.1, 0.15) is 5.82 Å². The SMILES string of the molecule is CCOC(=O)C(Cl)=NNc1ccc(F)cc1. The number of rotatable bonds is 4. The average molecular weight is 245 g/mol. The van der Waals surface area contributed by atoms with Crippen LogP contribution in [0.3, 0.4) is 0 Å². The predicted molar refractivity (Wildman–Crippen MR) is 59.9 cm³/mol. The van der Waals surface area contributed by atoms with Crippen LogP contribution in [-0.2, 0) is 9.53 Å². The highest BCUT2D eigenvalue weighted by molar-refractivity contribution is 6.82. The molecule has 0 spiro atoms. The fraction of sp³-hybridized carbons (Fsp3) is 0.200. The summed E-state index contributed by atoms with van der Waals surface area (Å²) in [7, 11) is 0. The summed E-state index contributed by atoms with van der Waals surface area (Å²) >= 11 is 5.53. The second-order valence-corrected chi connectivity index (χ2v) is 3.10. The zero-order valence-electron chi connectivity index (χ0n) is 8.54. The third kappa shape index (κ3) is 3.86. The first-order valence-electron chi connectivity index (χ1n) is 4.55. The van der Waals surface area contributed by atoms with Crippen LogP contribution >= 0.6 is 11.6 Å². The quantitative estimate of drug-likeness (QED) is 0.503. The van der Waals surface area contributed by atoms with E-state index in [1.165, 1.54) is 24.3 Å². The van der Waals surface area contributed by atoms with Gasteiger partial charge in [0.15, 0.2) is 0 Å². The van der Waals surface area contributed by atoms with Crippen LogP contribution in [0.2, 0.25) is 0 Å². The number of anilines is 1. The van der Waals surface area contributed by atoms with Crippen molar-refractivity contribution >= 4 is 28.4 Å². The van der Waals surface area contributed by atoms with Crippen molar-refractivity contribution in [3.8, 4) is 0 Å². The number of ether oxygens (including phenoxy) is 1. The summed E-state index contributed by atoms with van der Waals surface area (Å²) in [6, 6.07) is 5.45. The van der Waals surface area contributed by atoms with Crippen molar-refractivity contribution in [2.45, 2.75) is 6.92 Å². The fourth-order valence-corrected chi connectivity index (χ4v) is 0.971. The molecule has 16 heavy (non-hydrogen) atoms. The van der Waals surface area contributed by atoms with Gasteiger partial charge < -0.3 is 4.74 Å². The first-order valence-corrected chi connectivity index (χ1v) is 4.93. The maximum atomic E-state index is 12.6. The number of carbonyl (C=O) groups excluding carboxylic acids is 1. The lowest BCUT2D eigenvalue weighted by atomic mass is 10.3. The number of nitrogens with zero attached hydrogens (tertiary/aromatic N) is 1. The summed E-state index contributed by atoms with van der Waals surface area (Å²) in [5.41, 5.74) is 3.02. The summed E-state index contributed by atoms with van der Waals surface area (Å²) in [5, 5.41) is 3.26. The number of esters is 1. The van der Waals surface area contributed by atoms with Crippen LogP contribution in [0.5, 0.6) is 0 Å². The Morgan fingerprint density at radius 1 is 1.50 bits per heavy atom. The molecule has 1 aromatic carbocycles. The Morgan fingerprint density at radius 3 is 2.69 bits per heavy atom. The standard InChI is InChI=1S/C10H10ClFN2O2/c1-2-16-10(15)9(11)14-13-8-5-3-7(12)4-6-8/h3-6,13H,2H2,1H3. The Hall–Kier alpha value is -1.62. The summed E-state index contributed by atoms with van der Waals surface area (Å²) in [6.07, 6.45) is 0. The number of carbonyl (C=O) groups is 1. The Labute approximate surface area is 97.1 Å². The fourth-order valence-electron chi connectivity index (χ4n) is 0.874. The molecule has 0 heterocycles. The van der Waals surface area contributed by atoms with Crippen LogP contribution in [0.1, 0.15) is 6.92 Å². The zero-order valence-corrected chi connectivity index (χ0v) is 9.29. The van der Waals surface area contributed by atoms with E-state index in [9.17, 15) is 9.18 Å². The number of hydrazone groups is 1. The van der Waals surface area contributed by atoms with Gasteiger partial charge in [0.25, 0.3) is 0 Å². The summed E-state index contributed by atoms with van der Waals surface area (Å²) in [6.45, 7) is 1.89. The smallest absolute Gasteiger partial charge is 0.370 e. The van der Waals surface area contributed by atoms with E-state index in [0.717, 1.165) is 0 Å². The largest absolute Gasteiger partial charge is 0.461 e. The van der Waals surface area contributed by atoms with Crippen LogP contribution in [0, 0.1) is 5.82 Å². The maximum absolute atomic E-state index is 12.6. The van der Waals surface area contributed by atoms with E-state index in [1.807, 2.05) is 0 Å². The molecule has 0 aliphatic rings. The van der Waals surface area contributed by atoms with Crippen molar-refractivity contribution in [2.75, 3.05) is 12.0 Å². The van der Waals surface area contributed by atoms with Gasteiger partial charge in [-0.25, -0.2) is 9.18 Å². The van der Waals surface area contributed by atoms with Crippen molar-refractivity contribution in [2.24, 2.45) is 5.10 Å². The summed E-state index contributed by atoms with van der Waals surface area (Å²) in [5.74, 6) is -1.07. The van der Waals surface area contributed by atoms with E-state index >= 15 is 0 Å². The highest BCUT2D eigenvalue weighted by atomic mass is 35.5. The number of hydrogen-bond donors (Lipinski definition) is 1. The van der Waals surface area contributed by atoms with Crippen molar-refractivity contribution in [1.29, 1.82) is 0 Å². The number of nitrogens with one attached hydrogen (secondary N) is 1. The molecule has 0 aliphatic heterocycles. The van der Waals surface area contributed by atoms with E-state index in [4.69, 9.17) is 11.6 Å². The highest BCUT2D eigenvalue weighted by Crippen LogP contribution is 2.08. The van der Waals surface area contributed by atoms with Crippen LogP contribution in [0.25, 0.3) is 0 Å². The molecule has 0 fully saturated rings. The van der Waals surface area contributed by atoms with Gasteiger partial charge in [0.05, 0.1) is 12.3 Å². The molecule has 0 atom stereocenters. The first-order chi connectivity index (χ1) is 7.63. The summed E-state index contributed by atoms with van der Waals surface area (Å²) < 4.78 is 17.2. The molecule has 1 N–H and O–H groups in total. The third-order valence-electron chi connectivity index (χ3n) is 1.57. The van der Waals surface area contributed by atoms with Gasteiger partial charge in [-0.2, -0.15) is 5.10 Å². The molecule has 0 saturated heterocycles. The van der Waals surface area contributed by atoms with Crippen LogP contribution in [-0.4, -0.2) is 17.7 Å². The normalized spacial score (nSPS) is 11.1. The minimum absolute atomic E-state index is 0.223. The van der Waals surface area contributed by atoms with Crippen LogP contribution in [0.4, 0.5) is 10.1 Å². The highest BCUT2D eigenvalue weighted by Gasteiger charge is 2.08. The molecule has 0 bridgehead atoms. The van der Waals surface area contributed by atoms with Gasteiger partial charge in [-0.05, 0) is 31.2 Å². The van der Waals surface area contributed by atoms with Crippen LogP contribution < -0.4 is 5.43 Å². The maximum Gasteiger partial charge on any atom is 0.370 e. The lowest BCUT2D eigenvalue weighted by Crippen LogP contribution is -2.13. The van der Waals surface area contributed by atoms with E-state index < -0.39 is 5.97 Å². The average Bonchev–Trinajstić information content (AvgIpc) is 2.28. The molecule has 0 aromatic heterocycles. The van der Waals surface area contributed by atoms with E-state index in [-0.39, 0.29) is 17.6 Å². The molecule has 6 heteroatoms. The lowest BCUT2D eigenvalue weighted by molar-refractivity contribution is -0.134. The van der Waals surface area contributed by atoms with Gasteiger partial charge in [-0.15, -0.1) is 0 Å². The van der Waals surface area contributed by atoms with Crippen molar-refractivity contribution < 1.29 is 13.9 Å². The number of halogens is 2. The van der Waals surface area contributed by atoms with Gasteiger partial charge in [-0.3, -0.25) is 5.43 Å². The van der Waals surface area contributed by atoms with Gasteiger partial charge in [-0.1, -0.05) is 11.6 Å². The third-order valence-corrected chi connectivity index (χ3v) is 1.81. The van der Waals surface area contributed by atoms with E-state index in [1.54, 1.807) is 6.92 Å². The minimum Gasteiger partial charge on any atom is -0.461 e. The van der Waals surface area contributed by atoms with Gasteiger partial charge >= 0.3 is 5.97 Å². The first kappa shape index (κ1) is 12.4. The van der Waals surface area contributed by atoms with Crippen molar-refractivity contribution in [1.82, 2.24) is 0 Å². The zero-order chi connectivity index (χ0) is 12.0. The van der Waals surface area contributed by atoms with E-state index in [0.29, 0.717) is 5.69 Å². The van der Waals surface area contributed by atoms with E-state index in [2.05, 4.69) is 15.3 Å². The monoisotopic (exact) mass is 244 g/mol. The molecule has 4 nitrogen and oxygen atoms in total. The molecule has 0 aliphatic carbocycles. The van der Waals surface area contributed by atoms with Gasteiger partial charge in [0.2, 0.25) is 5.17 Å². The van der Waals surface area contributed by atoms with Gasteiger partial charge in [0, 0.05) is 0 Å². The Bertz CT molecular complexity index is 392. The van der Waals surface area contributed by atoms with Crippen molar-refractivity contribution in [3.05, 3.63) is 30.1 Å². The molecular weight excluding hydrogens is 235 g/mol. The molecule has 0 radical (unpaired) electrons. The Morgan fingerprint density at radius 2 is 2.12 bits per heavy atom. The lowest BCUT2D eigenvalue weighted by Gasteiger charge is -2.01. The number of benzene rings is 1. The molecule has 0 unspecified atom stereocenters. The summed E-state index contributed by atoms with van der Waals surface area (Å²) in [4.78, 5) is 11.0. The molecule has 1 rings (SSSR count). The molecule has 0 amide bonds. The molecule has 1 aromatic rings. The molecule has 86 valence electrons. The topological polar surface area (TPSA) is 50.7 Å². The second kappa shape index (κ2) is 6.07. The van der Waals surface area contributed by atoms with Crippen LogP contribution in [0.15, 0.2) is 29.4 Å². The number of hydrogen-bond acceptors (Lipinski definition) is 4. The molecule has 0 saturated carbocycles.